The van der Waals surface area contributed by atoms with E-state index in [4.69, 9.17) is 5.73 Å². The molecule has 0 saturated carbocycles. The van der Waals surface area contributed by atoms with Gasteiger partial charge in [-0.25, -0.2) is 4.98 Å². The molecule has 0 aliphatic rings. The van der Waals surface area contributed by atoms with E-state index in [2.05, 4.69) is 36.9 Å². The summed E-state index contributed by atoms with van der Waals surface area (Å²) in [5.74, 6) is 0.605. The molecule has 1 aromatic rings. The Hall–Kier alpha value is -1.09. The van der Waals surface area contributed by atoms with Crippen molar-refractivity contribution < 1.29 is 0 Å². The summed E-state index contributed by atoms with van der Waals surface area (Å²) in [5, 5.41) is 0. The summed E-state index contributed by atoms with van der Waals surface area (Å²) in [4.78, 5) is 4.20. The van der Waals surface area contributed by atoms with Gasteiger partial charge in [-0.1, -0.05) is 19.9 Å². The second-order valence-corrected chi connectivity index (χ2v) is 4.84. The number of hydrogen-bond acceptors (Lipinski definition) is 2. The maximum absolute atomic E-state index is 6.19. The maximum Gasteiger partial charge on any atom is 0.0951 e. The molecule has 0 amide bonds. The van der Waals surface area contributed by atoms with Gasteiger partial charge in [0.05, 0.1) is 12.0 Å². The molecule has 16 heavy (non-hydrogen) atoms. The Kier molecular flexibility index (Phi) is 4.74. The summed E-state index contributed by atoms with van der Waals surface area (Å²) in [6.45, 7) is 10.3. The third kappa shape index (κ3) is 3.20. The van der Waals surface area contributed by atoms with E-state index in [1.54, 1.807) is 0 Å². The Morgan fingerprint density at radius 1 is 1.50 bits per heavy atom. The molecule has 3 heteroatoms. The first-order valence-electron chi connectivity index (χ1n) is 5.94. The first-order valence-corrected chi connectivity index (χ1v) is 5.94. The highest BCUT2D eigenvalue weighted by Gasteiger charge is 2.15. The van der Waals surface area contributed by atoms with Gasteiger partial charge in [-0.3, -0.25) is 0 Å². The van der Waals surface area contributed by atoms with Gasteiger partial charge in [0.15, 0.2) is 0 Å². The zero-order chi connectivity index (χ0) is 12.1. The lowest BCUT2D eigenvalue weighted by atomic mass is 10.0. The van der Waals surface area contributed by atoms with Gasteiger partial charge in [0.1, 0.15) is 0 Å². The Balaban J connectivity index is 2.80. The Morgan fingerprint density at radius 2 is 2.19 bits per heavy atom. The van der Waals surface area contributed by atoms with Crippen LogP contribution in [0.1, 0.15) is 51.4 Å². The van der Waals surface area contributed by atoms with Crippen molar-refractivity contribution in [1.29, 1.82) is 0 Å². The maximum atomic E-state index is 6.19. The zero-order valence-corrected chi connectivity index (χ0v) is 10.6. The molecule has 0 saturated heterocycles. The van der Waals surface area contributed by atoms with E-state index in [1.165, 1.54) is 0 Å². The molecule has 0 radical (unpaired) electrons. The van der Waals surface area contributed by atoms with Gasteiger partial charge in [0.25, 0.3) is 0 Å². The molecule has 0 bridgehead atoms. The minimum atomic E-state index is 0.0785. The molecule has 90 valence electrons. The van der Waals surface area contributed by atoms with Crippen LogP contribution in [0, 0.1) is 5.92 Å². The smallest absolute Gasteiger partial charge is 0.0951 e. The molecule has 3 nitrogen and oxygen atoms in total. The predicted molar refractivity (Wildman–Crippen MR) is 68.1 cm³/mol. The van der Waals surface area contributed by atoms with Crippen molar-refractivity contribution in [1.82, 2.24) is 9.55 Å². The lowest BCUT2D eigenvalue weighted by Crippen LogP contribution is -2.18. The van der Waals surface area contributed by atoms with Crippen LogP contribution < -0.4 is 5.73 Å². The lowest BCUT2D eigenvalue weighted by Gasteiger charge is -2.20. The monoisotopic (exact) mass is 221 g/mol. The van der Waals surface area contributed by atoms with Gasteiger partial charge in [0.2, 0.25) is 0 Å². The lowest BCUT2D eigenvalue weighted by molar-refractivity contribution is 0.458. The molecule has 0 spiro atoms. The molecule has 1 rings (SSSR count). The number of allylic oxidation sites excluding steroid dienone is 1. The Morgan fingerprint density at radius 3 is 2.75 bits per heavy atom. The third-order valence-corrected chi connectivity index (χ3v) is 2.78. The Labute approximate surface area is 98.4 Å². The fourth-order valence-corrected chi connectivity index (χ4v) is 1.95. The fourth-order valence-electron chi connectivity index (χ4n) is 1.95. The van der Waals surface area contributed by atoms with Gasteiger partial charge >= 0.3 is 0 Å². The van der Waals surface area contributed by atoms with Crippen LogP contribution in [0.5, 0.6) is 0 Å². The van der Waals surface area contributed by atoms with E-state index in [0.717, 1.165) is 18.5 Å². The summed E-state index contributed by atoms with van der Waals surface area (Å²) in [7, 11) is 0. The number of aromatic nitrogens is 2. The van der Waals surface area contributed by atoms with E-state index in [0.29, 0.717) is 12.0 Å². The van der Waals surface area contributed by atoms with E-state index < -0.39 is 0 Å². The van der Waals surface area contributed by atoms with E-state index >= 15 is 0 Å². The van der Waals surface area contributed by atoms with Crippen LogP contribution >= 0.6 is 0 Å². The van der Waals surface area contributed by atoms with Crippen molar-refractivity contribution in [3.63, 3.8) is 0 Å². The average molecular weight is 221 g/mol. The number of rotatable bonds is 6. The topological polar surface area (TPSA) is 43.8 Å². The van der Waals surface area contributed by atoms with Crippen molar-refractivity contribution in [2.24, 2.45) is 11.7 Å². The van der Waals surface area contributed by atoms with Gasteiger partial charge in [-0.05, 0) is 25.7 Å². The molecule has 2 atom stereocenters. The highest BCUT2D eigenvalue weighted by Crippen LogP contribution is 2.22. The molecule has 0 aliphatic carbocycles. The molecule has 0 aliphatic heterocycles. The molecule has 1 heterocycles. The quantitative estimate of drug-likeness (QED) is 0.750. The standard InChI is InChI=1S/C13H23N3/c1-5-6-11(4)16-9-15-8-13(16)12(14)7-10(2)3/h5,8-12H,1,6-7,14H2,2-4H3. The van der Waals surface area contributed by atoms with Gasteiger partial charge in [-0.2, -0.15) is 0 Å². The summed E-state index contributed by atoms with van der Waals surface area (Å²) in [5.41, 5.74) is 7.32. The van der Waals surface area contributed by atoms with Crippen LogP contribution in [0.25, 0.3) is 0 Å². The minimum Gasteiger partial charge on any atom is -0.330 e. The van der Waals surface area contributed by atoms with Crippen molar-refractivity contribution in [2.75, 3.05) is 0 Å². The summed E-state index contributed by atoms with van der Waals surface area (Å²) < 4.78 is 2.16. The van der Waals surface area contributed by atoms with Gasteiger partial charge in [0, 0.05) is 18.3 Å². The summed E-state index contributed by atoms with van der Waals surface area (Å²) in [6.07, 6.45) is 7.61. The average Bonchev–Trinajstić information content (AvgIpc) is 2.65. The number of imidazole rings is 1. The second-order valence-electron chi connectivity index (χ2n) is 4.84. The van der Waals surface area contributed by atoms with Gasteiger partial charge < -0.3 is 10.3 Å². The normalized spacial score (nSPS) is 15.1. The fraction of sp³-hybridized carbons (Fsp3) is 0.615. The van der Waals surface area contributed by atoms with Crippen molar-refractivity contribution in [2.45, 2.75) is 45.7 Å². The second kappa shape index (κ2) is 5.85. The summed E-state index contributed by atoms with van der Waals surface area (Å²) in [6, 6.07) is 0.461. The first-order chi connectivity index (χ1) is 7.56. The number of hydrogen-bond donors (Lipinski definition) is 1. The predicted octanol–water partition coefficient (Wildman–Crippen LogP) is 3.07. The van der Waals surface area contributed by atoms with Crippen LogP contribution in [0.2, 0.25) is 0 Å². The molecule has 2 N–H and O–H groups in total. The van der Waals surface area contributed by atoms with Crippen LogP contribution in [0.15, 0.2) is 25.2 Å². The number of nitrogens with two attached hydrogens (primary N) is 1. The molecule has 1 aromatic heterocycles. The van der Waals surface area contributed by atoms with Gasteiger partial charge in [-0.15, -0.1) is 6.58 Å². The van der Waals surface area contributed by atoms with E-state index in [9.17, 15) is 0 Å². The minimum absolute atomic E-state index is 0.0785. The number of nitrogens with zero attached hydrogens (tertiary/aromatic N) is 2. The summed E-state index contributed by atoms with van der Waals surface area (Å²) >= 11 is 0. The van der Waals surface area contributed by atoms with Crippen molar-refractivity contribution in [3.8, 4) is 0 Å². The van der Waals surface area contributed by atoms with E-state index in [-0.39, 0.29) is 6.04 Å². The third-order valence-electron chi connectivity index (χ3n) is 2.78. The molecule has 0 fully saturated rings. The largest absolute Gasteiger partial charge is 0.330 e. The highest BCUT2D eigenvalue weighted by atomic mass is 15.1. The van der Waals surface area contributed by atoms with E-state index in [1.807, 2.05) is 18.6 Å². The molecule has 0 aromatic carbocycles. The van der Waals surface area contributed by atoms with Crippen LogP contribution in [0.3, 0.4) is 0 Å². The van der Waals surface area contributed by atoms with Crippen molar-refractivity contribution in [3.05, 3.63) is 30.9 Å². The SMILES string of the molecule is C=CCC(C)n1cncc1C(N)CC(C)C. The first kappa shape index (κ1) is 13.0. The molecular weight excluding hydrogens is 198 g/mol. The molecule has 2 unspecified atom stereocenters. The highest BCUT2D eigenvalue weighted by molar-refractivity contribution is 5.06. The zero-order valence-electron chi connectivity index (χ0n) is 10.6. The van der Waals surface area contributed by atoms with Crippen LogP contribution in [-0.2, 0) is 0 Å². The van der Waals surface area contributed by atoms with Crippen LogP contribution in [-0.4, -0.2) is 9.55 Å². The van der Waals surface area contributed by atoms with Crippen molar-refractivity contribution >= 4 is 0 Å². The van der Waals surface area contributed by atoms with Crippen LogP contribution in [0.4, 0.5) is 0 Å². The Bertz CT molecular complexity index is 328. The molecular formula is C13H23N3.